The van der Waals surface area contributed by atoms with Crippen LogP contribution in [0.2, 0.25) is 5.02 Å². The number of ketones is 1. The molecule has 0 aliphatic carbocycles. The first kappa shape index (κ1) is 22.7. The van der Waals surface area contributed by atoms with Crippen molar-refractivity contribution in [1.29, 1.82) is 0 Å². The summed E-state index contributed by atoms with van der Waals surface area (Å²) in [5, 5.41) is 11.6. The van der Waals surface area contributed by atoms with Crippen molar-refractivity contribution in [2.75, 3.05) is 11.5 Å². The zero-order chi connectivity index (χ0) is 23.7. The van der Waals surface area contributed by atoms with Gasteiger partial charge in [0, 0.05) is 16.3 Å². The Balaban J connectivity index is 1.84. The van der Waals surface area contributed by atoms with Crippen LogP contribution in [0.3, 0.4) is 0 Å². The fourth-order valence-corrected chi connectivity index (χ4v) is 3.96. The molecule has 170 valence electrons. The summed E-state index contributed by atoms with van der Waals surface area (Å²) in [6.07, 6.45) is 0.872. The Morgan fingerprint density at radius 1 is 1.09 bits per heavy atom. The lowest BCUT2D eigenvalue weighted by Gasteiger charge is -2.24. The van der Waals surface area contributed by atoms with Crippen molar-refractivity contribution >= 4 is 34.7 Å². The van der Waals surface area contributed by atoms with Gasteiger partial charge < -0.3 is 14.3 Å². The Bertz CT molecular complexity index is 1240. The van der Waals surface area contributed by atoms with Crippen molar-refractivity contribution in [3.8, 4) is 5.75 Å². The molecule has 1 aromatic heterocycles. The predicted octanol–water partition coefficient (Wildman–Crippen LogP) is 5.96. The number of carbonyl (C=O) groups excluding carboxylic acids is 2. The molecule has 0 spiro atoms. The first-order chi connectivity index (χ1) is 15.8. The standard InChI is InChI=1S/C26H24ClNO5/c1-4-13-32-19-10-7-17(8-11-19)24(29)22-23(21-12-6-16(3)33-21)28(26(31)25(22)30)18-9-5-15(2)20(27)14-18/h5-12,14,23,29H,4,13H2,1-3H3/b24-22-. The zero-order valence-electron chi connectivity index (χ0n) is 18.6. The van der Waals surface area contributed by atoms with Gasteiger partial charge in [-0.15, -0.1) is 0 Å². The summed E-state index contributed by atoms with van der Waals surface area (Å²) >= 11 is 6.30. The van der Waals surface area contributed by atoms with Gasteiger partial charge in [-0.2, -0.15) is 0 Å². The average Bonchev–Trinajstić information content (AvgIpc) is 3.35. The zero-order valence-corrected chi connectivity index (χ0v) is 19.3. The Labute approximate surface area is 197 Å². The smallest absolute Gasteiger partial charge is 0.300 e. The maximum Gasteiger partial charge on any atom is 0.300 e. The number of ether oxygens (including phenoxy) is 1. The van der Waals surface area contributed by atoms with Gasteiger partial charge in [-0.1, -0.05) is 24.6 Å². The molecule has 1 fully saturated rings. The van der Waals surface area contributed by atoms with Crippen LogP contribution in [-0.2, 0) is 9.59 Å². The SMILES string of the molecule is CCCOc1ccc(/C(O)=C2/C(=O)C(=O)N(c3ccc(C)c(Cl)c3)C2c2ccc(C)o2)cc1. The summed E-state index contributed by atoms with van der Waals surface area (Å²) in [7, 11) is 0. The summed E-state index contributed by atoms with van der Waals surface area (Å²) in [6, 6.07) is 14.4. The van der Waals surface area contributed by atoms with Gasteiger partial charge in [0.05, 0.1) is 12.2 Å². The molecule has 1 N–H and O–H groups in total. The lowest BCUT2D eigenvalue weighted by Crippen LogP contribution is -2.29. The van der Waals surface area contributed by atoms with Crippen LogP contribution in [0.25, 0.3) is 5.76 Å². The number of aliphatic hydroxyl groups excluding tert-OH is 1. The molecular formula is C26H24ClNO5. The van der Waals surface area contributed by atoms with Crippen molar-refractivity contribution < 1.29 is 23.8 Å². The maximum absolute atomic E-state index is 13.1. The molecule has 0 saturated carbocycles. The van der Waals surface area contributed by atoms with Crippen LogP contribution in [0, 0.1) is 13.8 Å². The normalized spacial score (nSPS) is 17.6. The van der Waals surface area contributed by atoms with Crippen LogP contribution < -0.4 is 9.64 Å². The quantitative estimate of drug-likeness (QED) is 0.276. The molecule has 33 heavy (non-hydrogen) atoms. The van der Waals surface area contributed by atoms with Crippen LogP contribution in [0.1, 0.15) is 42.0 Å². The van der Waals surface area contributed by atoms with Gasteiger partial charge in [-0.05, 0) is 74.4 Å². The molecule has 2 heterocycles. The topological polar surface area (TPSA) is 80.0 Å². The molecule has 2 aromatic carbocycles. The number of hydrogen-bond donors (Lipinski definition) is 1. The van der Waals surface area contributed by atoms with Crippen LogP contribution in [0.5, 0.6) is 5.75 Å². The van der Waals surface area contributed by atoms with Gasteiger partial charge in [0.15, 0.2) is 0 Å². The van der Waals surface area contributed by atoms with Gasteiger partial charge in [0.25, 0.3) is 11.7 Å². The molecule has 6 nitrogen and oxygen atoms in total. The lowest BCUT2D eigenvalue weighted by atomic mass is 9.99. The van der Waals surface area contributed by atoms with Crippen LogP contribution in [0.15, 0.2) is 64.6 Å². The summed E-state index contributed by atoms with van der Waals surface area (Å²) in [6.45, 7) is 6.21. The van der Waals surface area contributed by atoms with E-state index >= 15 is 0 Å². The van der Waals surface area contributed by atoms with Crippen molar-refractivity contribution in [3.05, 3.63) is 87.8 Å². The number of benzene rings is 2. The number of hydrogen-bond acceptors (Lipinski definition) is 5. The molecule has 0 radical (unpaired) electrons. The monoisotopic (exact) mass is 465 g/mol. The largest absolute Gasteiger partial charge is 0.507 e. The van der Waals surface area contributed by atoms with Gasteiger partial charge in [0.2, 0.25) is 0 Å². The number of anilines is 1. The molecule has 1 saturated heterocycles. The van der Waals surface area contributed by atoms with E-state index in [-0.39, 0.29) is 11.3 Å². The minimum atomic E-state index is -0.937. The first-order valence-electron chi connectivity index (χ1n) is 10.7. The highest BCUT2D eigenvalue weighted by molar-refractivity contribution is 6.51. The highest BCUT2D eigenvalue weighted by atomic mass is 35.5. The van der Waals surface area contributed by atoms with Crippen LogP contribution >= 0.6 is 11.6 Å². The molecule has 1 atom stereocenters. The predicted molar refractivity (Wildman–Crippen MR) is 127 cm³/mol. The third-order valence-corrected chi connectivity index (χ3v) is 5.92. The minimum Gasteiger partial charge on any atom is -0.507 e. The van der Waals surface area contributed by atoms with Crippen molar-refractivity contribution in [2.24, 2.45) is 0 Å². The van der Waals surface area contributed by atoms with Gasteiger partial charge in [0.1, 0.15) is 29.1 Å². The van der Waals surface area contributed by atoms with Gasteiger partial charge >= 0.3 is 0 Å². The molecule has 1 aliphatic rings. The Morgan fingerprint density at radius 3 is 2.42 bits per heavy atom. The van der Waals surface area contributed by atoms with Gasteiger partial charge in [-0.25, -0.2) is 0 Å². The van der Waals surface area contributed by atoms with E-state index in [9.17, 15) is 14.7 Å². The first-order valence-corrected chi connectivity index (χ1v) is 11.1. The molecule has 1 aliphatic heterocycles. The Kier molecular flexibility index (Phi) is 6.29. The Morgan fingerprint density at radius 2 is 1.82 bits per heavy atom. The van der Waals surface area contributed by atoms with E-state index in [1.807, 2.05) is 13.8 Å². The second-order valence-electron chi connectivity index (χ2n) is 7.92. The molecule has 1 unspecified atom stereocenters. The molecule has 3 aromatic rings. The third-order valence-electron chi connectivity index (χ3n) is 5.51. The van der Waals surface area contributed by atoms with E-state index in [2.05, 4.69) is 0 Å². The summed E-state index contributed by atoms with van der Waals surface area (Å²) in [5.41, 5.74) is 1.63. The van der Waals surface area contributed by atoms with Crippen molar-refractivity contribution in [1.82, 2.24) is 0 Å². The number of furan rings is 1. The van der Waals surface area contributed by atoms with E-state index < -0.39 is 17.7 Å². The van der Waals surface area contributed by atoms with Gasteiger partial charge in [-0.3, -0.25) is 14.5 Å². The summed E-state index contributed by atoms with van der Waals surface area (Å²) in [4.78, 5) is 27.6. The number of carbonyl (C=O) groups is 2. The molecule has 0 bridgehead atoms. The molecule has 7 heteroatoms. The lowest BCUT2D eigenvalue weighted by molar-refractivity contribution is -0.132. The second-order valence-corrected chi connectivity index (χ2v) is 8.33. The van der Waals surface area contributed by atoms with E-state index in [0.717, 1.165) is 12.0 Å². The summed E-state index contributed by atoms with van der Waals surface area (Å²) in [5.74, 6) is -0.202. The number of halogens is 1. The molecule has 4 rings (SSSR count). The molecule has 1 amide bonds. The van der Waals surface area contributed by atoms with Crippen LogP contribution in [0.4, 0.5) is 5.69 Å². The highest BCUT2D eigenvalue weighted by Gasteiger charge is 2.48. The van der Waals surface area contributed by atoms with Crippen molar-refractivity contribution in [3.63, 3.8) is 0 Å². The van der Waals surface area contributed by atoms with Crippen molar-refractivity contribution in [2.45, 2.75) is 33.2 Å². The number of amides is 1. The second kappa shape index (κ2) is 9.16. The molecular weight excluding hydrogens is 442 g/mol. The number of aryl methyl sites for hydroxylation is 2. The van der Waals surface area contributed by atoms with E-state index in [1.54, 1.807) is 61.5 Å². The fourth-order valence-electron chi connectivity index (χ4n) is 3.78. The van der Waals surface area contributed by atoms with E-state index in [0.29, 0.717) is 40.2 Å². The van der Waals surface area contributed by atoms with E-state index in [4.69, 9.17) is 20.8 Å². The number of nitrogens with zero attached hydrogens (tertiary/aromatic N) is 1. The number of rotatable bonds is 6. The number of Topliss-reactive ketones (excluding diaryl/α,β-unsaturated/α-hetero) is 1. The minimum absolute atomic E-state index is 0.0479. The maximum atomic E-state index is 13.1. The van der Waals surface area contributed by atoms with E-state index in [1.165, 1.54) is 4.90 Å². The highest BCUT2D eigenvalue weighted by Crippen LogP contribution is 2.43. The van der Waals surface area contributed by atoms with Crippen LogP contribution in [-0.4, -0.2) is 23.4 Å². The average molecular weight is 466 g/mol. The number of aliphatic hydroxyl groups is 1. The Hall–Kier alpha value is -3.51. The fraction of sp³-hybridized carbons (Fsp3) is 0.231. The third kappa shape index (κ3) is 4.26. The summed E-state index contributed by atoms with van der Waals surface area (Å²) < 4.78 is 11.4.